The van der Waals surface area contributed by atoms with Crippen molar-refractivity contribution in [3.63, 3.8) is 0 Å². The molecule has 0 aliphatic rings. The number of hydrogen-bond acceptors (Lipinski definition) is 4. The number of fused-ring (bicyclic) bond motifs is 6. The van der Waals surface area contributed by atoms with E-state index in [0.717, 1.165) is 54.8 Å². The van der Waals surface area contributed by atoms with Crippen LogP contribution in [0.4, 0.5) is 0 Å². The first-order chi connectivity index (χ1) is 27.8. The molecule has 11 rings (SSSR count). The lowest BCUT2D eigenvalue weighted by Gasteiger charge is -2.16. The van der Waals surface area contributed by atoms with Gasteiger partial charge in [0.15, 0.2) is 17.5 Å². The Hall–Kier alpha value is -7.21. The third-order valence-electron chi connectivity index (χ3n) is 10.7. The lowest BCUT2D eigenvalue weighted by Crippen LogP contribution is -2.04. The second kappa shape index (κ2) is 13.3. The summed E-state index contributed by atoms with van der Waals surface area (Å²) in [5.74, 6) is 1.89. The summed E-state index contributed by atoms with van der Waals surface area (Å²) < 4.78 is 4.75. The summed E-state index contributed by atoms with van der Waals surface area (Å²) in [6, 6.07) is 68.5. The summed E-state index contributed by atoms with van der Waals surface area (Å²) in [6.07, 6.45) is 0. The summed E-state index contributed by atoms with van der Waals surface area (Å²) >= 11 is 1.79. The number of benzene rings is 8. The monoisotopic (exact) mass is 732 g/mol. The van der Waals surface area contributed by atoms with Crippen molar-refractivity contribution in [1.29, 1.82) is 0 Å². The van der Waals surface area contributed by atoms with Crippen LogP contribution in [0.3, 0.4) is 0 Å². The maximum Gasteiger partial charge on any atom is 0.166 e. The fourth-order valence-electron chi connectivity index (χ4n) is 8.13. The van der Waals surface area contributed by atoms with Gasteiger partial charge >= 0.3 is 0 Å². The Morgan fingerprint density at radius 2 is 0.839 bits per heavy atom. The molecule has 8 aromatic carbocycles. The molecule has 0 fully saturated rings. The first-order valence-electron chi connectivity index (χ1n) is 18.8. The normalized spacial score (nSPS) is 11.6. The molecule has 0 atom stereocenters. The van der Waals surface area contributed by atoms with E-state index in [-0.39, 0.29) is 0 Å². The lowest BCUT2D eigenvalue weighted by molar-refractivity contribution is 1.07. The molecule has 0 saturated heterocycles. The number of aromatic nitrogens is 4. The molecule has 0 N–H and O–H groups in total. The third-order valence-corrected chi connectivity index (χ3v) is 11.9. The summed E-state index contributed by atoms with van der Waals surface area (Å²) in [6.45, 7) is 0. The maximum absolute atomic E-state index is 5.39. The average molecular weight is 733 g/mol. The van der Waals surface area contributed by atoms with Gasteiger partial charge in [0.1, 0.15) is 0 Å². The maximum atomic E-state index is 5.39. The van der Waals surface area contributed by atoms with Gasteiger partial charge in [-0.1, -0.05) is 152 Å². The number of nitrogens with zero attached hydrogens (tertiary/aromatic N) is 4. The summed E-state index contributed by atoms with van der Waals surface area (Å²) in [4.78, 5) is 16.1. The SMILES string of the molecule is c1ccc(-c2cccc(-c3ccccc3-c3nc(-c4ccccc4-n4c5ccccc5c5ccccc54)nc(-c4cccc5c4sc4ccccc45)n3)c2)cc1. The average Bonchev–Trinajstić information content (AvgIpc) is 3.83. The van der Waals surface area contributed by atoms with Crippen molar-refractivity contribution in [1.82, 2.24) is 19.5 Å². The molecule has 11 aromatic rings. The Bertz CT molecular complexity index is 3210. The molecule has 262 valence electrons. The van der Waals surface area contributed by atoms with Crippen LogP contribution in [0.25, 0.3) is 104 Å². The standard InChI is InChI=1S/C51H32N4S/c1-2-16-33(17-3-1)34-18-14-19-35(32-34)36-20-4-5-24-41(36)49-52-50(54-51(53-49)43-27-15-26-40-39-23-9-13-31-47(39)56-48(40)43)42-25-8-12-30-46(42)55-44-28-10-6-21-37(44)38-22-7-11-29-45(38)55/h1-32H. The van der Waals surface area contributed by atoms with E-state index in [1.165, 1.54) is 31.8 Å². The fourth-order valence-corrected chi connectivity index (χ4v) is 9.34. The summed E-state index contributed by atoms with van der Waals surface area (Å²) in [5.41, 5.74) is 10.6. The Morgan fingerprint density at radius 3 is 1.61 bits per heavy atom. The zero-order valence-corrected chi connectivity index (χ0v) is 31.0. The molecule has 0 aliphatic heterocycles. The Kier molecular flexibility index (Phi) is 7.64. The molecule has 0 bridgehead atoms. The van der Waals surface area contributed by atoms with Gasteiger partial charge in [-0.25, -0.2) is 15.0 Å². The van der Waals surface area contributed by atoms with E-state index in [2.05, 4.69) is 199 Å². The van der Waals surface area contributed by atoms with Crippen molar-refractivity contribution < 1.29 is 0 Å². The van der Waals surface area contributed by atoms with Crippen LogP contribution < -0.4 is 0 Å². The van der Waals surface area contributed by atoms with Crippen LogP contribution in [0.5, 0.6) is 0 Å². The zero-order valence-electron chi connectivity index (χ0n) is 30.2. The summed E-state index contributed by atoms with van der Waals surface area (Å²) in [5, 5.41) is 4.86. The van der Waals surface area contributed by atoms with Gasteiger partial charge in [-0.2, -0.15) is 0 Å². The highest BCUT2D eigenvalue weighted by molar-refractivity contribution is 7.26. The molecule has 5 heteroatoms. The second-order valence-corrected chi connectivity index (χ2v) is 15.0. The smallest absolute Gasteiger partial charge is 0.166 e. The molecule has 4 nitrogen and oxygen atoms in total. The van der Waals surface area contributed by atoms with Gasteiger partial charge < -0.3 is 4.57 Å². The molecule has 0 spiro atoms. The minimum atomic E-state index is 0.619. The number of thiophene rings is 1. The summed E-state index contributed by atoms with van der Waals surface area (Å²) in [7, 11) is 0. The van der Waals surface area contributed by atoms with Gasteiger partial charge in [-0.05, 0) is 64.7 Å². The van der Waals surface area contributed by atoms with Crippen LogP contribution in [0.1, 0.15) is 0 Å². The van der Waals surface area contributed by atoms with Crippen molar-refractivity contribution in [3.05, 3.63) is 194 Å². The molecular weight excluding hydrogens is 701 g/mol. The van der Waals surface area contributed by atoms with Crippen molar-refractivity contribution in [2.75, 3.05) is 0 Å². The van der Waals surface area contributed by atoms with Crippen LogP contribution in [0, 0.1) is 0 Å². The predicted octanol–water partition coefficient (Wildman–Crippen LogP) is 13.7. The molecule has 3 aromatic heterocycles. The third kappa shape index (κ3) is 5.32. The number of para-hydroxylation sites is 3. The van der Waals surface area contributed by atoms with Crippen molar-refractivity contribution >= 4 is 53.3 Å². The Morgan fingerprint density at radius 1 is 0.339 bits per heavy atom. The molecule has 3 heterocycles. The highest BCUT2D eigenvalue weighted by atomic mass is 32.1. The second-order valence-electron chi connectivity index (χ2n) is 14.0. The quantitative estimate of drug-likeness (QED) is 0.171. The number of hydrogen-bond donors (Lipinski definition) is 0. The van der Waals surface area contributed by atoms with Crippen molar-refractivity contribution in [2.45, 2.75) is 0 Å². The highest BCUT2D eigenvalue weighted by Crippen LogP contribution is 2.41. The molecule has 56 heavy (non-hydrogen) atoms. The van der Waals surface area contributed by atoms with E-state index >= 15 is 0 Å². The molecule has 0 amide bonds. The molecule has 0 radical (unpaired) electrons. The van der Waals surface area contributed by atoms with Crippen LogP contribution in [0.15, 0.2) is 194 Å². The van der Waals surface area contributed by atoms with Crippen molar-refractivity contribution in [2.24, 2.45) is 0 Å². The topological polar surface area (TPSA) is 43.6 Å². The minimum Gasteiger partial charge on any atom is -0.309 e. The van der Waals surface area contributed by atoms with Crippen LogP contribution in [-0.2, 0) is 0 Å². The van der Waals surface area contributed by atoms with Gasteiger partial charge in [0.05, 0.1) is 16.7 Å². The Balaban J connectivity index is 1.17. The molecule has 0 unspecified atom stereocenters. The molecule has 0 saturated carbocycles. The van der Waals surface area contributed by atoms with E-state index in [0.29, 0.717) is 17.5 Å². The number of rotatable bonds is 6. The largest absolute Gasteiger partial charge is 0.309 e. The highest BCUT2D eigenvalue weighted by Gasteiger charge is 2.21. The fraction of sp³-hybridized carbons (Fsp3) is 0. The van der Waals surface area contributed by atoms with Crippen molar-refractivity contribution in [3.8, 4) is 62.1 Å². The van der Waals surface area contributed by atoms with Gasteiger partial charge in [0.2, 0.25) is 0 Å². The first-order valence-corrected chi connectivity index (χ1v) is 19.6. The van der Waals surface area contributed by atoms with Gasteiger partial charge in [0, 0.05) is 47.6 Å². The van der Waals surface area contributed by atoms with Gasteiger partial charge in [-0.3, -0.25) is 0 Å². The first kappa shape index (κ1) is 32.2. The van der Waals surface area contributed by atoms with Gasteiger partial charge in [-0.15, -0.1) is 11.3 Å². The molecular formula is C51H32N4S. The minimum absolute atomic E-state index is 0.619. The van der Waals surface area contributed by atoms with E-state index in [1.807, 2.05) is 0 Å². The van der Waals surface area contributed by atoms with Crippen LogP contribution >= 0.6 is 11.3 Å². The Labute approximate surface area is 327 Å². The van der Waals surface area contributed by atoms with E-state index in [4.69, 9.17) is 15.0 Å². The van der Waals surface area contributed by atoms with E-state index < -0.39 is 0 Å². The predicted molar refractivity (Wildman–Crippen MR) is 234 cm³/mol. The van der Waals surface area contributed by atoms with E-state index in [9.17, 15) is 0 Å². The van der Waals surface area contributed by atoms with Gasteiger partial charge in [0.25, 0.3) is 0 Å². The zero-order chi connectivity index (χ0) is 37.0. The van der Waals surface area contributed by atoms with E-state index in [1.54, 1.807) is 11.3 Å². The molecule has 0 aliphatic carbocycles. The van der Waals surface area contributed by atoms with Crippen LogP contribution in [-0.4, -0.2) is 19.5 Å². The van der Waals surface area contributed by atoms with Crippen LogP contribution in [0.2, 0.25) is 0 Å². The lowest BCUT2D eigenvalue weighted by atomic mass is 9.95.